The van der Waals surface area contributed by atoms with Crippen molar-refractivity contribution < 1.29 is 9.53 Å². The first-order chi connectivity index (χ1) is 10.2. The van der Waals surface area contributed by atoms with E-state index in [0.29, 0.717) is 24.5 Å². The van der Waals surface area contributed by atoms with Crippen LogP contribution in [0.15, 0.2) is 0 Å². The molecule has 3 unspecified atom stereocenters. The van der Waals surface area contributed by atoms with Crippen molar-refractivity contribution in [2.75, 3.05) is 19.7 Å². The van der Waals surface area contributed by atoms with Crippen molar-refractivity contribution in [3.63, 3.8) is 0 Å². The van der Waals surface area contributed by atoms with Gasteiger partial charge in [0.25, 0.3) is 0 Å². The minimum Gasteiger partial charge on any atom is -0.378 e. The lowest BCUT2D eigenvalue weighted by atomic mass is 9.58. The minimum atomic E-state index is 0. The number of carbonyl (C=O) groups excluding carboxylic acids is 1. The summed E-state index contributed by atoms with van der Waals surface area (Å²) in [5.41, 5.74) is 0.153. The molecule has 2 fully saturated rings. The fourth-order valence-corrected chi connectivity index (χ4v) is 4.15. The maximum Gasteiger partial charge on any atom is 0.220 e. The second-order valence-electron chi connectivity index (χ2n) is 6.64. The molecule has 0 radical (unpaired) electrons. The molecule has 0 aromatic heterocycles. The average molecular weight is 333 g/mol. The van der Waals surface area contributed by atoms with E-state index in [2.05, 4.69) is 31.4 Å². The van der Waals surface area contributed by atoms with Crippen LogP contribution in [0, 0.1) is 11.3 Å². The minimum absolute atomic E-state index is 0. The Morgan fingerprint density at radius 3 is 2.59 bits per heavy atom. The van der Waals surface area contributed by atoms with E-state index in [1.54, 1.807) is 0 Å². The summed E-state index contributed by atoms with van der Waals surface area (Å²) in [4.78, 5) is 12.2. The summed E-state index contributed by atoms with van der Waals surface area (Å²) in [7, 11) is 0. The number of rotatable bonds is 8. The Hall–Kier alpha value is -0.320. The second-order valence-corrected chi connectivity index (χ2v) is 6.64. The van der Waals surface area contributed by atoms with Gasteiger partial charge in [0.15, 0.2) is 0 Å². The normalized spacial score (nSPS) is 29.5. The van der Waals surface area contributed by atoms with Crippen LogP contribution < -0.4 is 10.6 Å². The molecule has 0 aromatic rings. The first-order valence-electron chi connectivity index (χ1n) is 8.77. The second kappa shape index (κ2) is 9.09. The van der Waals surface area contributed by atoms with Crippen molar-refractivity contribution in [1.29, 1.82) is 0 Å². The van der Waals surface area contributed by atoms with Gasteiger partial charge in [-0.15, -0.1) is 12.4 Å². The van der Waals surface area contributed by atoms with Crippen LogP contribution in [0.3, 0.4) is 0 Å². The van der Waals surface area contributed by atoms with Crippen LogP contribution >= 0.6 is 12.4 Å². The Bertz CT molecular complexity index is 342. The number of nitrogens with one attached hydrogen (secondary N) is 2. The fraction of sp³-hybridized carbons (Fsp3) is 0.941. The van der Waals surface area contributed by atoms with Gasteiger partial charge in [0.2, 0.25) is 5.91 Å². The Kier molecular flexibility index (Phi) is 8.15. The van der Waals surface area contributed by atoms with Gasteiger partial charge in [0, 0.05) is 24.5 Å². The number of hydrogen-bond donors (Lipinski definition) is 2. The molecular formula is C17H33ClN2O2. The molecular weight excluding hydrogens is 300 g/mol. The molecule has 1 aliphatic heterocycles. The van der Waals surface area contributed by atoms with Gasteiger partial charge in [-0.25, -0.2) is 0 Å². The average Bonchev–Trinajstić information content (AvgIpc) is 2.99. The van der Waals surface area contributed by atoms with Crippen LogP contribution in [0.5, 0.6) is 0 Å². The van der Waals surface area contributed by atoms with Crippen molar-refractivity contribution in [1.82, 2.24) is 10.6 Å². The lowest BCUT2D eigenvalue weighted by Crippen LogP contribution is -2.64. The highest BCUT2D eigenvalue weighted by Crippen LogP contribution is 2.48. The molecule has 1 heterocycles. The topological polar surface area (TPSA) is 50.4 Å². The van der Waals surface area contributed by atoms with E-state index in [9.17, 15) is 4.79 Å². The lowest BCUT2D eigenvalue weighted by molar-refractivity contribution is -0.148. The van der Waals surface area contributed by atoms with E-state index in [1.165, 1.54) is 6.42 Å². The highest BCUT2D eigenvalue weighted by atomic mass is 35.5. The quantitative estimate of drug-likeness (QED) is 0.718. The van der Waals surface area contributed by atoms with Crippen molar-refractivity contribution in [2.45, 2.75) is 71.4 Å². The van der Waals surface area contributed by atoms with Crippen molar-refractivity contribution in [3.05, 3.63) is 0 Å². The van der Waals surface area contributed by atoms with Crippen LogP contribution in [0.2, 0.25) is 0 Å². The van der Waals surface area contributed by atoms with Crippen LogP contribution in [-0.4, -0.2) is 37.7 Å². The van der Waals surface area contributed by atoms with E-state index in [-0.39, 0.29) is 23.7 Å². The fourth-order valence-electron chi connectivity index (χ4n) is 4.15. The molecule has 2 aliphatic rings. The van der Waals surface area contributed by atoms with Gasteiger partial charge in [-0.3, -0.25) is 4.79 Å². The zero-order chi connectivity index (χ0) is 15.3. The van der Waals surface area contributed by atoms with Gasteiger partial charge >= 0.3 is 0 Å². The number of amides is 1. The molecule has 3 atom stereocenters. The van der Waals surface area contributed by atoms with Gasteiger partial charge in [-0.05, 0) is 58.0 Å². The standard InChI is InChI=1S/C17H32N2O2.ClH/c1-4-17(5-2)14(11-15(17)21-6-3)19-16(20)8-7-13-9-10-18-12-13;/h13-15,18H,4-12H2,1-3H3,(H,19,20);1H. The summed E-state index contributed by atoms with van der Waals surface area (Å²) < 4.78 is 5.87. The van der Waals surface area contributed by atoms with E-state index in [4.69, 9.17) is 4.74 Å². The SMILES string of the molecule is CCOC1CC(NC(=O)CCC2CCNC2)C1(CC)CC.Cl. The summed E-state index contributed by atoms with van der Waals surface area (Å²) in [5.74, 6) is 0.920. The summed E-state index contributed by atoms with van der Waals surface area (Å²) >= 11 is 0. The molecule has 1 amide bonds. The zero-order valence-electron chi connectivity index (χ0n) is 14.3. The monoisotopic (exact) mass is 332 g/mol. The van der Waals surface area contributed by atoms with Gasteiger partial charge in [-0.2, -0.15) is 0 Å². The lowest BCUT2D eigenvalue weighted by Gasteiger charge is -2.55. The van der Waals surface area contributed by atoms with Gasteiger partial charge in [-0.1, -0.05) is 13.8 Å². The van der Waals surface area contributed by atoms with E-state index >= 15 is 0 Å². The number of hydrogen-bond acceptors (Lipinski definition) is 3. The predicted octanol–water partition coefficient (Wildman–Crippen LogP) is 2.90. The molecule has 2 rings (SSSR count). The molecule has 22 heavy (non-hydrogen) atoms. The smallest absolute Gasteiger partial charge is 0.220 e. The number of halogens is 1. The van der Waals surface area contributed by atoms with Gasteiger partial charge in [0.05, 0.1) is 6.10 Å². The molecule has 1 saturated heterocycles. The van der Waals surface area contributed by atoms with Crippen LogP contribution in [0.4, 0.5) is 0 Å². The van der Waals surface area contributed by atoms with Crippen LogP contribution in [0.25, 0.3) is 0 Å². The Morgan fingerprint density at radius 2 is 2.05 bits per heavy atom. The molecule has 4 nitrogen and oxygen atoms in total. The highest BCUT2D eigenvalue weighted by molar-refractivity contribution is 5.85. The summed E-state index contributed by atoms with van der Waals surface area (Å²) in [5, 5.41) is 6.64. The van der Waals surface area contributed by atoms with Gasteiger partial charge < -0.3 is 15.4 Å². The van der Waals surface area contributed by atoms with Crippen molar-refractivity contribution in [3.8, 4) is 0 Å². The number of ether oxygens (including phenoxy) is 1. The van der Waals surface area contributed by atoms with Crippen LogP contribution in [-0.2, 0) is 9.53 Å². The number of carbonyl (C=O) groups is 1. The first kappa shape index (κ1) is 19.7. The summed E-state index contributed by atoms with van der Waals surface area (Å²) in [6.45, 7) is 9.45. The molecule has 1 saturated carbocycles. The van der Waals surface area contributed by atoms with Crippen LogP contribution in [0.1, 0.15) is 59.3 Å². The molecule has 1 aliphatic carbocycles. The third-order valence-corrected chi connectivity index (χ3v) is 5.75. The van der Waals surface area contributed by atoms with Gasteiger partial charge in [0.1, 0.15) is 0 Å². The summed E-state index contributed by atoms with van der Waals surface area (Å²) in [6.07, 6.45) is 6.36. The van der Waals surface area contributed by atoms with E-state index in [1.807, 2.05) is 0 Å². The molecule has 2 N–H and O–H groups in total. The third-order valence-electron chi connectivity index (χ3n) is 5.75. The molecule has 0 aromatic carbocycles. The van der Waals surface area contributed by atoms with E-state index < -0.39 is 0 Å². The van der Waals surface area contributed by atoms with Crippen molar-refractivity contribution >= 4 is 18.3 Å². The maximum atomic E-state index is 12.2. The Balaban J connectivity index is 0.00000242. The largest absolute Gasteiger partial charge is 0.378 e. The third kappa shape index (κ3) is 4.15. The molecule has 130 valence electrons. The molecule has 0 bridgehead atoms. The van der Waals surface area contributed by atoms with E-state index in [0.717, 1.165) is 45.4 Å². The summed E-state index contributed by atoms with van der Waals surface area (Å²) in [6, 6.07) is 0.304. The maximum absolute atomic E-state index is 12.2. The first-order valence-corrected chi connectivity index (χ1v) is 8.77. The predicted molar refractivity (Wildman–Crippen MR) is 92.4 cm³/mol. The molecule has 0 spiro atoms. The Labute approximate surface area is 141 Å². The highest BCUT2D eigenvalue weighted by Gasteiger charge is 2.53. The Morgan fingerprint density at radius 1 is 1.32 bits per heavy atom. The zero-order valence-corrected chi connectivity index (χ0v) is 15.1. The van der Waals surface area contributed by atoms with Crippen molar-refractivity contribution in [2.24, 2.45) is 11.3 Å². The molecule has 5 heteroatoms.